The first-order valence-corrected chi connectivity index (χ1v) is 12.9. The molecule has 10 nitrogen and oxygen atoms in total. The molecule has 3 N–H and O–H groups in total. The fraction of sp³-hybridized carbons (Fsp3) is 0.429. The van der Waals surface area contributed by atoms with Crippen molar-refractivity contribution in [2.24, 2.45) is 5.92 Å². The van der Waals surface area contributed by atoms with Gasteiger partial charge in [0.2, 0.25) is 0 Å². The average molecular weight is 557 g/mol. The first-order chi connectivity index (χ1) is 16.3. The molecule has 2 aliphatic rings. The minimum absolute atomic E-state index is 0.139. The van der Waals surface area contributed by atoms with Crippen LogP contribution in [0.25, 0.3) is 11.0 Å². The zero-order chi connectivity index (χ0) is 24.0. The van der Waals surface area contributed by atoms with Crippen molar-refractivity contribution in [3.05, 3.63) is 52.6 Å². The van der Waals surface area contributed by atoms with Crippen LogP contribution in [-0.4, -0.2) is 45.1 Å². The maximum Gasteiger partial charge on any atom is 0.475 e. The zero-order valence-corrected chi connectivity index (χ0v) is 20.6. The zero-order valence-electron chi connectivity index (χ0n) is 18.1. The Morgan fingerprint density at radius 2 is 2.21 bits per heavy atom. The van der Waals surface area contributed by atoms with Crippen LogP contribution in [0.3, 0.4) is 0 Å². The maximum absolute atomic E-state index is 13.6. The van der Waals surface area contributed by atoms with Gasteiger partial charge in [0.05, 0.1) is 35.3 Å². The minimum Gasteiger partial charge on any atom is -0.390 e. The van der Waals surface area contributed by atoms with Gasteiger partial charge in [0, 0.05) is 18.5 Å². The van der Waals surface area contributed by atoms with Crippen LogP contribution in [0.2, 0.25) is 0 Å². The number of nitrogens with zero attached hydrogens (tertiary/aromatic N) is 3. The first-order valence-electron chi connectivity index (χ1n) is 10.7. The van der Waals surface area contributed by atoms with E-state index in [1.165, 1.54) is 12.4 Å². The van der Waals surface area contributed by atoms with Crippen LogP contribution in [0.5, 0.6) is 0 Å². The molecule has 34 heavy (non-hydrogen) atoms. The van der Waals surface area contributed by atoms with Crippen LogP contribution in [0.15, 0.2) is 41.3 Å². The van der Waals surface area contributed by atoms with Crippen molar-refractivity contribution in [2.45, 2.75) is 37.9 Å². The molecule has 1 aromatic carbocycles. The third-order valence-corrected chi connectivity index (χ3v) is 8.18. The second-order valence-electron chi connectivity index (χ2n) is 8.27. The second kappa shape index (κ2) is 9.27. The van der Waals surface area contributed by atoms with Crippen LogP contribution in [0, 0.1) is 11.7 Å². The topological polar surface area (TPSA) is 131 Å². The molecular weight excluding hydrogens is 534 g/mol. The van der Waals surface area contributed by atoms with Gasteiger partial charge >= 0.3 is 7.82 Å². The van der Waals surface area contributed by atoms with Gasteiger partial charge in [0.15, 0.2) is 0 Å². The Morgan fingerprint density at radius 1 is 1.38 bits per heavy atom. The summed E-state index contributed by atoms with van der Waals surface area (Å²) in [7, 11) is -3.93. The summed E-state index contributed by atoms with van der Waals surface area (Å²) < 4.78 is 51.3. The van der Waals surface area contributed by atoms with E-state index in [0.29, 0.717) is 28.8 Å². The Kier molecular flexibility index (Phi) is 6.49. The van der Waals surface area contributed by atoms with Crippen LogP contribution in [0.4, 0.5) is 10.2 Å². The van der Waals surface area contributed by atoms with Gasteiger partial charge in [-0.15, -0.1) is 0 Å². The van der Waals surface area contributed by atoms with Crippen molar-refractivity contribution in [3.63, 3.8) is 0 Å². The number of halogens is 2. The van der Waals surface area contributed by atoms with Crippen LogP contribution < -0.4 is 5.73 Å². The van der Waals surface area contributed by atoms with Gasteiger partial charge in [-0.05, 0) is 39.7 Å². The molecule has 0 radical (unpaired) electrons. The number of phosphoric ester groups is 1. The molecule has 0 bridgehead atoms. The predicted octanol–water partition coefficient (Wildman–Crippen LogP) is 4.11. The summed E-state index contributed by atoms with van der Waals surface area (Å²) in [4.78, 5) is 8.26. The highest BCUT2D eigenvalue weighted by Crippen LogP contribution is 2.57. The number of hydrogen-bond donors (Lipinski definition) is 2. The molecule has 2 fully saturated rings. The Morgan fingerprint density at radius 3 is 3.00 bits per heavy atom. The summed E-state index contributed by atoms with van der Waals surface area (Å²) in [6.45, 7) is 1.76. The highest BCUT2D eigenvalue weighted by molar-refractivity contribution is 9.10. The maximum atomic E-state index is 13.6. The Balaban J connectivity index is 1.27. The fourth-order valence-corrected chi connectivity index (χ4v) is 6.02. The number of nitrogens with two attached hydrogens (primary N) is 1. The summed E-state index contributed by atoms with van der Waals surface area (Å²) in [5.74, 6) is -0.378. The van der Waals surface area contributed by atoms with Gasteiger partial charge in [-0.2, -0.15) is 0 Å². The summed E-state index contributed by atoms with van der Waals surface area (Å²) in [6, 6.07) is 6.22. The van der Waals surface area contributed by atoms with Gasteiger partial charge < -0.3 is 20.1 Å². The molecule has 3 aromatic rings. The molecule has 0 amide bonds. The van der Waals surface area contributed by atoms with E-state index in [1.54, 1.807) is 29.0 Å². The molecule has 2 saturated heterocycles. The Hall–Kier alpha value is -1.92. The third-order valence-electron chi connectivity index (χ3n) is 6.10. The molecule has 0 aliphatic carbocycles. The Labute approximate surface area is 202 Å². The van der Waals surface area contributed by atoms with E-state index in [2.05, 4.69) is 25.9 Å². The SMILES string of the molecule is C[C@H]1[C@H](O)[C@@H](COP2(=O)OCC[C@H](c3ccc(F)c(Br)c3)O2)O[C@H]1n1ccc2c(N)ncnc21. The molecule has 4 heterocycles. The lowest BCUT2D eigenvalue weighted by Gasteiger charge is -2.30. The number of aromatic nitrogens is 3. The lowest BCUT2D eigenvalue weighted by Crippen LogP contribution is -2.29. The number of phosphoric acid groups is 1. The van der Waals surface area contributed by atoms with Crippen molar-refractivity contribution in [3.8, 4) is 0 Å². The fourth-order valence-electron chi connectivity index (χ4n) is 4.23. The predicted molar refractivity (Wildman–Crippen MR) is 123 cm³/mol. The number of anilines is 1. The van der Waals surface area contributed by atoms with Crippen molar-refractivity contribution in [1.82, 2.24) is 14.5 Å². The molecule has 182 valence electrons. The summed E-state index contributed by atoms with van der Waals surface area (Å²) in [6.07, 6.45) is 0.747. The number of aliphatic hydroxyl groups is 1. The molecule has 1 unspecified atom stereocenters. The van der Waals surface area contributed by atoms with E-state index in [9.17, 15) is 14.1 Å². The Bertz CT molecular complexity index is 1260. The molecule has 0 saturated carbocycles. The largest absolute Gasteiger partial charge is 0.475 e. The minimum atomic E-state index is -3.93. The van der Waals surface area contributed by atoms with E-state index in [1.807, 2.05) is 6.92 Å². The van der Waals surface area contributed by atoms with Crippen molar-refractivity contribution < 1.29 is 32.4 Å². The lowest BCUT2D eigenvalue weighted by molar-refractivity contribution is -0.0536. The molecule has 13 heteroatoms. The summed E-state index contributed by atoms with van der Waals surface area (Å²) in [5, 5.41) is 11.4. The van der Waals surface area contributed by atoms with Gasteiger partial charge in [0.25, 0.3) is 0 Å². The molecule has 2 aliphatic heterocycles. The monoisotopic (exact) mass is 556 g/mol. The molecule has 5 rings (SSSR count). The second-order valence-corrected chi connectivity index (χ2v) is 10.7. The van der Waals surface area contributed by atoms with E-state index in [-0.39, 0.29) is 23.6 Å². The number of hydrogen-bond acceptors (Lipinski definition) is 9. The number of benzene rings is 1. The first kappa shape index (κ1) is 23.8. The van der Waals surface area contributed by atoms with Crippen LogP contribution in [-0.2, 0) is 22.9 Å². The van der Waals surface area contributed by atoms with Gasteiger partial charge in [-0.3, -0.25) is 13.6 Å². The molecule has 0 spiro atoms. The number of rotatable bonds is 5. The molecule has 2 aromatic heterocycles. The van der Waals surface area contributed by atoms with Gasteiger partial charge in [-0.25, -0.2) is 18.9 Å². The van der Waals surface area contributed by atoms with E-state index >= 15 is 0 Å². The quantitative estimate of drug-likeness (QED) is 0.445. The number of nitrogen functional groups attached to an aromatic ring is 1. The lowest BCUT2D eigenvalue weighted by atomic mass is 10.0. The summed E-state index contributed by atoms with van der Waals surface area (Å²) in [5.41, 5.74) is 7.14. The number of fused-ring (bicyclic) bond motifs is 1. The number of aliphatic hydroxyl groups excluding tert-OH is 1. The number of ether oxygens (including phenoxy) is 1. The van der Waals surface area contributed by atoms with Crippen molar-refractivity contribution >= 4 is 40.6 Å². The van der Waals surface area contributed by atoms with E-state index in [0.717, 1.165) is 0 Å². The summed E-state index contributed by atoms with van der Waals surface area (Å²) >= 11 is 3.15. The standard InChI is InChI=1S/C21H23BrFN4O6P/c1-11-18(28)17(32-21(11)27-6-4-13-19(24)25-10-26-20(13)27)9-31-34(29)30-7-5-16(33-34)12-2-3-15(23)14(22)8-12/h2-4,6,8,10-11,16-18,21,28H,5,7,9H2,1H3,(H2,24,25,26)/t11-,16+,17+,18-,21+,34?/m0/s1. The third kappa shape index (κ3) is 4.39. The average Bonchev–Trinajstić information content (AvgIpc) is 3.36. The van der Waals surface area contributed by atoms with E-state index in [4.69, 9.17) is 24.0 Å². The van der Waals surface area contributed by atoms with Gasteiger partial charge in [-0.1, -0.05) is 13.0 Å². The highest BCUT2D eigenvalue weighted by Gasteiger charge is 2.45. The molecule has 6 atom stereocenters. The van der Waals surface area contributed by atoms with Crippen molar-refractivity contribution in [1.29, 1.82) is 0 Å². The smallest absolute Gasteiger partial charge is 0.390 e. The molecular formula is C21H23BrFN4O6P. The normalized spacial score (nSPS) is 31.8. The van der Waals surface area contributed by atoms with Gasteiger partial charge in [0.1, 0.15) is 35.9 Å². The van der Waals surface area contributed by atoms with Crippen LogP contribution >= 0.6 is 23.8 Å². The van der Waals surface area contributed by atoms with Crippen molar-refractivity contribution in [2.75, 3.05) is 18.9 Å². The van der Waals surface area contributed by atoms with Crippen LogP contribution in [0.1, 0.15) is 31.2 Å². The van der Waals surface area contributed by atoms with E-state index < -0.39 is 38.2 Å². The highest BCUT2D eigenvalue weighted by atomic mass is 79.9.